The smallest absolute Gasteiger partial charge is 0.161 e. The highest BCUT2D eigenvalue weighted by molar-refractivity contribution is 5.39. The quantitative estimate of drug-likeness (QED) is 0.458. The highest BCUT2D eigenvalue weighted by atomic mass is 16.5. The first-order valence-corrected chi connectivity index (χ1v) is 10.2. The summed E-state index contributed by atoms with van der Waals surface area (Å²) in [7, 11) is 0. The van der Waals surface area contributed by atoms with Gasteiger partial charge in [-0.3, -0.25) is 4.90 Å². The van der Waals surface area contributed by atoms with E-state index < -0.39 is 0 Å². The van der Waals surface area contributed by atoms with Gasteiger partial charge < -0.3 is 19.7 Å². The van der Waals surface area contributed by atoms with Gasteiger partial charge in [0.1, 0.15) is 6.61 Å². The molecule has 2 rings (SSSR count). The van der Waals surface area contributed by atoms with Crippen molar-refractivity contribution in [2.24, 2.45) is 0 Å². The molecule has 2 aromatic rings. The summed E-state index contributed by atoms with van der Waals surface area (Å²) >= 11 is 0. The lowest BCUT2D eigenvalue weighted by molar-refractivity contribution is 0.159. The number of benzene rings is 2. The second-order valence-electron chi connectivity index (χ2n) is 6.77. The number of unbranched alkanes of at least 4 members (excludes halogenated alkanes) is 3. The zero-order valence-electron chi connectivity index (χ0n) is 16.6. The van der Waals surface area contributed by atoms with Gasteiger partial charge in [0, 0.05) is 13.1 Å². The molecule has 2 aromatic carbocycles. The molecule has 0 atom stereocenters. The Labute approximate surface area is 168 Å². The monoisotopic (exact) mass is 387 g/mol. The number of rotatable bonds is 15. The summed E-state index contributed by atoms with van der Waals surface area (Å²) in [6, 6.07) is 17.9. The Morgan fingerprint density at radius 1 is 0.643 bits per heavy atom. The molecule has 5 nitrogen and oxygen atoms in total. The van der Waals surface area contributed by atoms with E-state index in [1.54, 1.807) is 0 Å². The van der Waals surface area contributed by atoms with Crippen LogP contribution in [0.5, 0.6) is 11.5 Å². The molecule has 0 bridgehead atoms. The van der Waals surface area contributed by atoms with E-state index in [1.165, 1.54) is 0 Å². The summed E-state index contributed by atoms with van der Waals surface area (Å²) in [5, 5.41) is 18.0. The van der Waals surface area contributed by atoms with Gasteiger partial charge in [-0.05, 0) is 37.1 Å². The first-order valence-electron chi connectivity index (χ1n) is 10.2. The van der Waals surface area contributed by atoms with Gasteiger partial charge >= 0.3 is 0 Å². The van der Waals surface area contributed by atoms with Gasteiger partial charge in [-0.1, -0.05) is 55.3 Å². The molecule has 0 saturated heterocycles. The van der Waals surface area contributed by atoms with Crippen LogP contribution >= 0.6 is 0 Å². The van der Waals surface area contributed by atoms with Gasteiger partial charge in [0.05, 0.1) is 19.8 Å². The summed E-state index contributed by atoms with van der Waals surface area (Å²) in [6.45, 7) is 3.65. The van der Waals surface area contributed by atoms with Crippen LogP contribution in [-0.4, -0.2) is 54.6 Å². The molecule has 0 aromatic heterocycles. The predicted octanol–water partition coefficient (Wildman–Crippen LogP) is 3.49. The average molecular weight is 388 g/mol. The fraction of sp³-hybridized carbons (Fsp3) is 0.478. The molecule has 154 valence electrons. The largest absolute Gasteiger partial charge is 0.490 e. The van der Waals surface area contributed by atoms with E-state index in [1.807, 2.05) is 54.6 Å². The molecule has 0 spiro atoms. The molecule has 0 aliphatic heterocycles. The van der Waals surface area contributed by atoms with E-state index in [9.17, 15) is 0 Å². The van der Waals surface area contributed by atoms with Crippen molar-refractivity contribution in [3.63, 3.8) is 0 Å². The van der Waals surface area contributed by atoms with Crippen molar-refractivity contribution in [1.29, 1.82) is 0 Å². The summed E-state index contributed by atoms with van der Waals surface area (Å²) in [4.78, 5) is 2.09. The predicted molar refractivity (Wildman–Crippen MR) is 112 cm³/mol. The zero-order chi connectivity index (χ0) is 19.9. The van der Waals surface area contributed by atoms with E-state index >= 15 is 0 Å². The fourth-order valence-electron chi connectivity index (χ4n) is 3.02. The molecule has 0 amide bonds. The van der Waals surface area contributed by atoms with Crippen molar-refractivity contribution in [3.05, 3.63) is 60.2 Å². The molecule has 5 heteroatoms. The van der Waals surface area contributed by atoms with Crippen molar-refractivity contribution in [1.82, 2.24) is 4.90 Å². The number of aliphatic hydroxyl groups excluding tert-OH is 2. The molecule has 28 heavy (non-hydrogen) atoms. The Bertz CT molecular complexity index is 630. The minimum Gasteiger partial charge on any atom is -0.490 e. The van der Waals surface area contributed by atoms with Crippen LogP contribution in [0.25, 0.3) is 0 Å². The van der Waals surface area contributed by atoms with Crippen LogP contribution in [0.2, 0.25) is 0 Å². The first kappa shape index (κ1) is 22.2. The Morgan fingerprint density at radius 2 is 1.25 bits per heavy atom. The Hall–Kier alpha value is -2.08. The summed E-state index contributed by atoms with van der Waals surface area (Å²) in [5.41, 5.74) is 1.13. The van der Waals surface area contributed by atoms with Crippen LogP contribution in [0.3, 0.4) is 0 Å². The maximum atomic E-state index is 9.02. The van der Waals surface area contributed by atoms with Gasteiger partial charge in [0.25, 0.3) is 0 Å². The molecule has 0 radical (unpaired) electrons. The normalized spacial score (nSPS) is 11.0. The first-order chi connectivity index (χ1) is 13.8. The Morgan fingerprint density at radius 3 is 1.93 bits per heavy atom. The van der Waals surface area contributed by atoms with Crippen LogP contribution in [0.4, 0.5) is 0 Å². The average Bonchev–Trinajstić information content (AvgIpc) is 2.73. The Kier molecular flexibility index (Phi) is 11.1. The summed E-state index contributed by atoms with van der Waals surface area (Å²) in [5.74, 6) is 1.56. The standard InChI is InChI=1S/C23H33NO4/c25-17-15-24(16-18-26)14-8-1-2-9-19-27-22-12-6-7-13-23(22)28-20-21-10-4-3-5-11-21/h3-7,10-13,25-26H,1-2,8-9,14-20H2. The SMILES string of the molecule is OCCN(CCO)CCCCCCOc1ccccc1OCc1ccccc1. The van der Waals surface area contributed by atoms with E-state index in [0.717, 1.165) is 49.3 Å². The van der Waals surface area contributed by atoms with Crippen molar-refractivity contribution >= 4 is 0 Å². The van der Waals surface area contributed by atoms with E-state index in [2.05, 4.69) is 4.90 Å². The maximum Gasteiger partial charge on any atom is 0.161 e. The van der Waals surface area contributed by atoms with Crippen LogP contribution in [0, 0.1) is 0 Å². The fourth-order valence-corrected chi connectivity index (χ4v) is 3.02. The van der Waals surface area contributed by atoms with Gasteiger partial charge in [-0.2, -0.15) is 0 Å². The van der Waals surface area contributed by atoms with Crippen LogP contribution in [0.1, 0.15) is 31.2 Å². The summed E-state index contributed by atoms with van der Waals surface area (Å²) < 4.78 is 11.8. The maximum absolute atomic E-state index is 9.02. The van der Waals surface area contributed by atoms with Crippen LogP contribution in [-0.2, 0) is 6.61 Å². The Balaban J connectivity index is 1.63. The van der Waals surface area contributed by atoms with E-state index in [0.29, 0.717) is 26.3 Å². The third-order valence-corrected chi connectivity index (χ3v) is 4.55. The number of para-hydroxylation sites is 2. The number of nitrogens with zero attached hydrogens (tertiary/aromatic N) is 1. The van der Waals surface area contributed by atoms with Gasteiger partial charge in [-0.15, -0.1) is 0 Å². The van der Waals surface area contributed by atoms with Gasteiger partial charge in [0.15, 0.2) is 11.5 Å². The van der Waals surface area contributed by atoms with Crippen molar-refractivity contribution < 1.29 is 19.7 Å². The lowest BCUT2D eigenvalue weighted by atomic mass is 10.2. The van der Waals surface area contributed by atoms with Crippen LogP contribution < -0.4 is 9.47 Å². The molecule has 0 aliphatic rings. The van der Waals surface area contributed by atoms with E-state index in [4.69, 9.17) is 19.7 Å². The second kappa shape index (κ2) is 14.0. The summed E-state index contributed by atoms with van der Waals surface area (Å²) in [6.07, 6.45) is 4.27. The third kappa shape index (κ3) is 8.74. The molecule has 0 heterocycles. The van der Waals surface area contributed by atoms with Crippen molar-refractivity contribution in [2.45, 2.75) is 32.3 Å². The number of hydrogen-bond acceptors (Lipinski definition) is 5. The molecular weight excluding hydrogens is 354 g/mol. The minimum atomic E-state index is 0.138. The molecule has 0 unspecified atom stereocenters. The minimum absolute atomic E-state index is 0.138. The lowest BCUT2D eigenvalue weighted by Gasteiger charge is -2.19. The van der Waals surface area contributed by atoms with Crippen LogP contribution in [0.15, 0.2) is 54.6 Å². The molecule has 0 fully saturated rings. The highest BCUT2D eigenvalue weighted by Crippen LogP contribution is 2.27. The second-order valence-corrected chi connectivity index (χ2v) is 6.77. The molecule has 0 aliphatic carbocycles. The molecular formula is C23H33NO4. The van der Waals surface area contributed by atoms with Gasteiger partial charge in [0.2, 0.25) is 0 Å². The number of aliphatic hydroxyl groups is 2. The molecule has 0 saturated carbocycles. The molecule has 2 N–H and O–H groups in total. The third-order valence-electron chi connectivity index (χ3n) is 4.55. The topological polar surface area (TPSA) is 62.2 Å². The van der Waals surface area contributed by atoms with E-state index in [-0.39, 0.29) is 13.2 Å². The lowest BCUT2D eigenvalue weighted by Crippen LogP contribution is -2.30. The zero-order valence-corrected chi connectivity index (χ0v) is 16.6. The van der Waals surface area contributed by atoms with Gasteiger partial charge in [-0.25, -0.2) is 0 Å². The highest BCUT2D eigenvalue weighted by Gasteiger charge is 2.05. The van der Waals surface area contributed by atoms with Crippen molar-refractivity contribution in [3.8, 4) is 11.5 Å². The van der Waals surface area contributed by atoms with Crippen molar-refractivity contribution in [2.75, 3.05) is 39.5 Å². The number of hydrogen-bond donors (Lipinski definition) is 2. The number of ether oxygens (including phenoxy) is 2.